The lowest BCUT2D eigenvalue weighted by molar-refractivity contribution is 0.527. The summed E-state index contributed by atoms with van der Waals surface area (Å²) in [5, 5.41) is 2.25. The van der Waals surface area contributed by atoms with Gasteiger partial charge < -0.3 is 9.13 Å². The van der Waals surface area contributed by atoms with Gasteiger partial charge in [0.25, 0.3) is 0 Å². The molecule has 36 heavy (non-hydrogen) atoms. The molecule has 0 atom stereocenters. The van der Waals surface area contributed by atoms with Crippen LogP contribution in [0.1, 0.15) is 117 Å². The molecule has 2 aromatic heterocycles. The number of aryl methyl sites for hydroxylation is 2. The normalized spacial score (nSPS) is 11.1. The monoisotopic (exact) mass is 494 g/mol. The van der Waals surface area contributed by atoms with Crippen LogP contribution in [0.4, 0.5) is 0 Å². The number of rotatable bonds is 21. The molecule has 0 bridgehead atoms. The Hall–Kier alpha value is -2.10. The topological polar surface area (TPSA) is 34.6 Å². The van der Waals surface area contributed by atoms with E-state index in [-0.39, 0.29) is 0 Å². The van der Waals surface area contributed by atoms with E-state index in [4.69, 9.17) is 4.99 Å². The van der Waals surface area contributed by atoms with Gasteiger partial charge in [-0.25, -0.2) is 0 Å². The Morgan fingerprint density at radius 3 is 1.19 bits per heavy atom. The minimum absolute atomic E-state index is 0.963. The highest BCUT2D eigenvalue weighted by atomic mass is 14.9. The molecule has 0 N–H and O–H groups in total. The second kappa shape index (κ2) is 21.0. The molecule has 0 aliphatic carbocycles. The summed E-state index contributed by atoms with van der Waals surface area (Å²) in [6.45, 7) is 8.68. The van der Waals surface area contributed by atoms with Gasteiger partial charge in [0.05, 0.1) is 10.7 Å². The Bertz CT molecular complexity index is 868. The van der Waals surface area contributed by atoms with E-state index in [2.05, 4.69) is 77.0 Å². The van der Waals surface area contributed by atoms with Crippen LogP contribution < -0.4 is 10.7 Å². The second-order valence-electron chi connectivity index (χ2n) is 10.3. The van der Waals surface area contributed by atoms with Gasteiger partial charge in [-0.1, -0.05) is 90.9 Å². The van der Waals surface area contributed by atoms with Crippen molar-refractivity contribution < 1.29 is 0 Å². The maximum Gasteiger partial charge on any atom is 0.0603 e. The Kier molecular flexibility index (Phi) is 17.6. The molecule has 2 rings (SSSR count). The molecule has 0 amide bonds. The van der Waals surface area contributed by atoms with E-state index >= 15 is 0 Å². The van der Waals surface area contributed by atoms with Crippen LogP contribution in [-0.4, -0.2) is 22.2 Å². The zero-order valence-corrected chi connectivity index (χ0v) is 23.5. The van der Waals surface area contributed by atoms with Gasteiger partial charge in [-0.3, -0.25) is 9.98 Å². The summed E-state index contributed by atoms with van der Waals surface area (Å²) >= 11 is 0. The molecule has 0 aromatic carbocycles. The fourth-order valence-corrected chi connectivity index (χ4v) is 4.55. The average molecular weight is 495 g/mol. The summed E-state index contributed by atoms with van der Waals surface area (Å²) in [5.74, 6) is 0. The highest BCUT2D eigenvalue weighted by Crippen LogP contribution is 2.09. The van der Waals surface area contributed by atoms with Crippen molar-refractivity contribution in [2.45, 2.75) is 130 Å². The smallest absolute Gasteiger partial charge is 0.0603 e. The van der Waals surface area contributed by atoms with Gasteiger partial charge in [0.2, 0.25) is 0 Å². The highest BCUT2D eigenvalue weighted by molar-refractivity contribution is 4.94. The van der Waals surface area contributed by atoms with Crippen LogP contribution in [0, 0.1) is 0 Å². The first kappa shape index (κ1) is 30.1. The van der Waals surface area contributed by atoms with Gasteiger partial charge >= 0.3 is 0 Å². The third kappa shape index (κ3) is 15.1. The lowest BCUT2D eigenvalue weighted by Crippen LogP contribution is -2.07. The molecular formula is C32H54N4. The predicted octanol–water partition coefficient (Wildman–Crippen LogP) is 8.07. The maximum atomic E-state index is 4.71. The first-order chi connectivity index (χ1) is 17.8. The van der Waals surface area contributed by atoms with Gasteiger partial charge in [-0.2, -0.15) is 0 Å². The van der Waals surface area contributed by atoms with Crippen LogP contribution >= 0.6 is 0 Å². The average Bonchev–Trinajstić information content (AvgIpc) is 2.91. The van der Waals surface area contributed by atoms with Gasteiger partial charge in [0, 0.05) is 51.0 Å². The Morgan fingerprint density at radius 1 is 0.444 bits per heavy atom. The molecule has 2 heterocycles. The molecule has 0 aliphatic rings. The summed E-state index contributed by atoms with van der Waals surface area (Å²) in [5.41, 5.74) is 0. The third-order valence-electron chi connectivity index (χ3n) is 6.94. The van der Waals surface area contributed by atoms with Crippen molar-refractivity contribution in [3.8, 4) is 0 Å². The third-order valence-corrected chi connectivity index (χ3v) is 6.94. The first-order valence-electron chi connectivity index (χ1n) is 15.1. The van der Waals surface area contributed by atoms with Crippen molar-refractivity contribution >= 4 is 0 Å². The van der Waals surface area contributed by atoms with Crippen molar-refractivity contribution in [2.24, 2.45) is 9.98 Å². The summed E-state index contributed by atoms with van der Waals surface area (Å²) in [6.07, 6.45) is 29.7. The molecule has 202 valence electrons. The molecule has 0 spiro atoms. The molecule has 0 radical (unpaired) electrons. The van der Waals surface area contributed by atoms with Crippen molar-refractivity contribution in [3.63, 3.8) is 0 Å². The lowest BCUT2D eigenvalue weighted by atomic mass is 10.1. The molecule has 2 aromatic rings. The van der Waals surface area contributed by atoms with Crippen molar-refractivity contribution in [2.75, 3.05) is 13.1 Å². The molecule has 0 saturated heterocycles. The van der Waals surface area contributed by atoms with Gasteiger partial charge in [0.15, 0.2) is 0 Å². The zero-order valence-electron chi connectivity index (χ0n) is 23.5. The van der Waals surface area contributed by atoms with Crippen LogP contribution in [0.3, 0.4) is 0 Å². The standard InChI is InChI=1S/C32H54N4/c1-3-5-7-12-16-24-34-32-21-29-36(30-22-32)26-18-14-11-9-10-13-17-25-35-27-19-31(20-28-35)33-23-15-8-6-4-2/h19-22,27-30H,3-18,23-26H2,1-2H3. The molecule has 4 nitrogen and oxygen atoms in total. The van der Waals surface area contributed by atoms with E-state index in [0.717, 1.165) is 36.9 Å². The fourth-order valence-electron chi connectivity index (χ4n) is 4.55. The Morgan fingerprint density at radius 2 is 0.778 bits per heavy atom. The second-order valence-corrected chi connectivity index (χ2v) is 10.3. The van der Waals surface area contributed by atoms with E-state index < -0.39 is 0 Å². The largest absolute Gasteiger partial charge is 0.354 e. The number of hydrogen-bond acceptors (Lipinski definition) is 2. The molecule has 0 aliphatic heterocycles. The number of unbranched alkanes of at least 4 members (excludes halogenated alkanes) is 13. The Labute approximate surface area is 221 Å². The summed E-state index contributed by atoms with van der Waals surface area (Å²) < 4.78 is 4.61. The van der Waals surface area contributed by atoms with E-state index in [1.54, 1.807) is 0 Å². The zero-order chi connectivity index (χ0) is 25.5. The predicted molar refractivity (Wildman–Crippen MR) is 155 cm³/mol. The van der Waals surface area contributed by atoms with Crippen LogP contribution in [0.2, 0.25) is 0 Å². The van der Waals surface area contributed by atoms with Crippen LogP contribution in [0.5, 0.6) is 0 Å². The quantitative estimate of drug-likeness (QED) is 0.157. The highest BCUT2D eigenvalue weighted by Gasteiger charge is 1.95. The first-order valence-corrected chi connectivity index (χ1v) is 15.1. The van der Waals surface area contributed by atoms with Crippen LogP contribution in [0.25, 0.3) is 0 Å². The van der Waals surface area contributed by atoms with Crippen molar-refractivity contribution in [1.29, 1.82) is 0 Å². The number of aromatic nitrogens is 2. The molecule has 4 heteroatoms. The van der Waals surface area contributed by atoms with E-state index in [9.17, 15) is 0 Å². The van der Waals surface area contributed by atoms with Gasteiger partial charge in [-0.15, -0.1) is 0 Å². The summed E-state index contributed by atoms with van der Waals surface area (Å²) in [4.78, 5) is 9.40. The number of nitrogens with zero attached hydrogens (tertiary/aromatic N) is 4. The number of hydrogen-bond donors (Lipinski definition) is 0. The van der Waals surface area contributed by atoms with Crippen LogP contribution in [0.15, 0.2) is 59.0 Å². The summed E-state index contributed by atoms with van der Waals surface area (Å²) in [6, 6.07) is 8.66. The van der Waals surface area contributed by atoms with E-state index in [1.165, 1.54) is 103 Å². The molecule has 0 saturated carbocycles. The minimum Gasteiger partial charge on any atom is -0.354 e. The van der Waals surface area contributed by atoms with Gasteiger partial charge in [0.1, 0.15) is 0 Å². The maximum absolute atomic E-state index is 4.71. The fraction of sp³-hybridized carbons (Fsp3) is 0.688. The lowest BCUT2D eigenvalue weighted by Gasteiger charge is -2.07. The van der Waals surface area contributed by atoms with E-state index in [0.29, 0.717) is 0 Å². The molecular weight excluding hydrogens is 440 g/mol. The van der Waals surface area contributed by atoms with Crippen LogP contribution in [-0.2, 0) is 13.1 Å². The Balaban J connectivity index is 1.46. The molecule has 0 fully saturated rings. The van der Waals surface area contributed by atoms with Gasteiger partial charge in [-0.05, 0) is 49.9 Å². The summed E-state index contributed by atoms with van der Waals surface area (Å²) in [7, 11) is 0. The minimum atomic E-state index is 0.963. The van der Waals surface area contributed by atoms with Crippen molar-refractivity contribution in [3.05, 3.63) is 59.8 Å². The van der Waals surface area contributed by atoms with E-state index in [1.807, 2.05) is 0 Å². The SMILES string of the molecule is CCCCCCCN=c1ccn(CCCCCCCCCn2ccc(=NCCCCCC)cc2)cc1. The number of pyridine rings is 2. The molecule has 0 unspecified atom stereocenters. The van der Waals surface area contributed by atoms with Crippen molar-refractivity contribution in [1.82, 2.24) is 9.13 Å².